The number of rotatable bonds is 6. The number of hydrogen-bond donors (Lipinski definition) is 3. The van der Waals surface area contributed by atoms with Gasteiger partial charge in [0.2, 0.25) is 0 Å². The van der Waals surface area contributed by atoms with Crippen LogP contribution in [0.2, 0.25) is 0 Å². The minimum absolute atomic E-state index is 0.279. The van der Waals surface area contributed by atoms with E-state index in [0.29, 0.717) is 23.9 Å². The van der Waals surface area contributed by atoms with Gasteiger partial charge in [-0.15, -0.1) is 0 Å². The van der Waals surface area contributed by atoms with Crippen molar-refractivity contribution in [1.82, 2.24) is 15.8 Å². The van der Waals surface area contributed by atoms with Crippen LogP contribution >= 0.6 is 0 Å². The van der Waals surface area contributed by atoms with Crippen molar-refractivity contribution in [2.75, 3.05) is 26.2 Å². The molecule has 2 aliphatic heterocycles. The van der Waals surface area contributed by atoms with Crippen LogP contribution in [0, 0.1) is 5.92 Å². The first-order chi connectivity index (χ1) is 12.9. The lowest BCUT2D eigenvalue weighted by molar-refractivity contribution is 0.140. The van der Waals surface area contributed by atoms with Crippen molar-refractivity contribution >= 4 is 0 Å². The molecule has 0 saturated carbocycles. The third kappa shape index (κ3) is 3.69. The summed E-state index contributed by atoms with van der Waals surface area (Å²) in [5.41, 5.74) is 9.96. The highest BCUT2D eigenvalue weighted by Gasteiger charge is 2.43. The van der Waals surface area contributed by atoms with Gasteiger partial charge >= 0.3 is 0 Å². The van der Waals surface area contributed by atoms with E-state index >= 15 is 0 Å². The van der Waals surface area contributed by atoms with E-state index in [0.717, 1.165) is 32.5 Å². The molecule has 4 heteroatoms. The zero-order valence-corrected chi connectivity index (χ0v) is 15.2. The highest BCUT2D eigenvalue weighted by Crippen LogP contribution is 2.37. The maximum Gasteiger partial charge on any atom is 0.0443 e. The molecule has 0 amide bonds. The van der Waals surface area contributed by atoms with Crippen LogP contribution in [0.25, 0.3) is 0 Å². The van der Waals surface area contributed by atoms with Gasteiger partial charge in [0.15, 0.2) is 0 Å². The Bertz CT molecular complexity index is 639. The SMILES string of the molecule is OCCCN1CCC2NNC(C(c3ccccc3)c3ccccc3)C2C1. The van der Waals surface area contributed by atoms with Crippen molar-refractivity contribution in [2.45, 2.75) is 30.8 Å². The molecule has 26 heavy (non-hydrogen) atoms. The molecule has 4 nitrogen and oxygen atoms in total. The van der Waals surface area contributed by atoms with Crippen molar-refractivity contribution in [3.63, 3.8) is 0 Å². The zero-order valence-electron chi connectivity index (χ0n) is 15.2. The fraction of sp³-hybridized carbons (Fsp3) is 0.455. The van der Waals surface area contributed by atoms with Crippen molar-refractivity contribution in [3.8, 4) is 0 Å². The van der Waals surface area contributed by atoms with E-state index < -0.39 is 0 Å². The van der Waals surface area contributed by atoms with Crippen LogP contribution in [-0.4, -0.2) is 48.3 Å². The molecule has 2 heterocycles. The Morgan fingerprint density at radius 3 is 2.23 bits per heavy atom. The van der Waals surface area contributed by atoms with Crippen LogP contribution in [0.1, 0.15) is 29.9 Å². The summed E-state index contributed by atoms with van der Waals surface area (Å²) in [6.45, 7) is 3.48. The number of aliphatic hydroxyl groups is 1. The standard InChI is InChI=1S/C22H29N3O/c26-15-7-13-25-14-12-20-19(16-25)22(24-23-20)21(17-8-3-1-4-9-17)18-10-5-2-6-11-18/h1-6,8-11,19-24,26H,7,12-16H2. The first kappa shape index (κ1) is 17.7. The lowest BCUT2D eigenvalue weighted by Crippen LogP contribution is -2.47. The second-order valence-electron chi connectivity index (χ2n) is 7.55. The Hall–Kier alpha value is -1.72. The van der Waals surface area contributed by atoms with Gasteiger partial charge in [-0.2, -0.15) is 0 Å². The Balaban J connectivity index is 1.61. The minimum Gasteiger partial charge on any atom is -0.396 e. The van der Waals surface area contributed by atoms with E-state index in [9.17, 15) is 5.11 Å². The predicted molar refractivity (Wildman–Crippen MR) is 105 cm³/mol. The van der Waals surface area contributed by atoms with Crippen LogP contribution in [0.4, 0.5) is 0 Å². The number of likely N-dealkylation sites (tertiary alicyclic amines) is 1. The van der Waals surface area contributed by atoms with Crippen LogP contribution < -0.4 is 10.9 Å². The van der Waals surface area contributed by atoms with Crippen molar-refractivity contribution in [1.29, 1.82) is 0 Å². The molecule has 0 spiro atoms. The number of fused-ring (bicyclic) bond motifs is 1. The summed E-state index contributed by atoms with van der Waals surface area (Å²) in [7, 11) is 0. The largest absolute Gasteiger partial charge is 0.396 e. The average Bonchev–Trinajstić information content (AvgIpc) is 3.11. The van der Waals surface area contributed by atoms with Crippen molar-refractivity contribution in [2.24, 2.45) is 5.92 Å². The smallest absolute Gasteiger partial charge is 0.0443 e. The van der Waals surface area contributed by atoms with E-state index in [1.165, 1.54) is 11.1 Å². The molecule has 2 fully saturated rings. The summed E-state index contributed by atoms with van der Waals surface area (Å²) in [5.74, 6) is 0.894. The maximum atomic E-state index is 9.17. The number of aliphatic hydroxyl groups excluding tert-OH is 1. The topological polar surface area (TPSA) is 47.5 Å². The first-order valence-electron chi connectivity index (χ1n) is 9.81. The third-order valence-electron chi connectivity index (χ3n) is 5.95. The van der Waals surface area contributed by atoms with Gasteiger partial charge in [-0.3, -0.25) is 10.9 Å². The number of piperidine rings is 1. The third-order valence-corrected chi connectivity index (χ3v) is 5.95. The van der Waals surface area contributed by atoms with Crippen molar-refractivity contribution in [3.05, 3.63) is 71.8 Å². The molecule has 0 bridgehead atoms. The zero-order chi connectivity index (χ0) is 17.8. The van der Waals surface area contributed by atoms with E-state index in [4.69, 9.17) is 0 Å². The predicted octanol–water partition coefficient (Wildman–Crippen LogP) is 2.37. The van der Waals surface area contributed by atoms with Gasteiger partial charge in [0.1, 0.15) is 0 Å². The minimum atomic E-state index is 0.279. The Morgan fingerprint density at radius 2 is 1.62 bits per heavy atom. The van der Waals surface area contributed by atoms with Crippen LogP contribution in [-0.2, 0) is 0 Å². The molecule has 2 aromatic rings. The highest BCUT2D eigenvalue weighted by molar-refractivity contribution is 5.35. The Kier molecular flexibility index (Phi) is 5.65. The number of nitrogens with one attached hydrogen (secondary N) is 2. The summed E-state index contributed by atoms with van der Waals surface area (Å²) in [5, 5.41) is 9.17. The van der Waals surface area contributed by atoms with Gasteiger partial charge in [0.25, 0.3) is 0 Å². The molecule has 2 aliphatic rings. The molecule has 4 rings (SSSR count). The molecule has 3 atom stereocenters. The molecule has 0 aliphatic carbocycles. The van der Waals surface area contributed by atoms with E-state index in [1.54, 1.807) is 0 Å². The summed E-state index contributed by atoms with van der Waals surface area (Å²) in [6, 6.07) is 22.6. The number of hydrazine groups is 1. The quantitative estimate of drug-likeness (QED) is 0.748. The Labute approximate surface area is 156 Å². The van der Waals surface area contributed by atoms with Gasteiger partial charge in [-0.05, 0) is 30.5 Å². The lowest BCUT2D eigenvalue weighted by atomic mass is 9.76. The fourth-order valence-corrected chi connectivity index (χ4v) is 4.66. The van der Waals surface area contributed by atoms with E-state index in [-0.39, 0.29) is 6.61 Å². The number of benzene rings is 2. The van der Waals surface area contributed by atoms with Crippen LogP contribution in [0.3, 0.4) is 0 Å². The molecule has 138 valence electrons. The first-order valence-corrected chi connectivity index (χ1v) is 9.81. The monoisotopic (exact) mass is 351 g/mol. The average molecular weight is 351 g/mol. The molecular formula is C22H29N3O. The molecule has 3 N–H and O–H groups in total. The molecule has 0 aromatic heterocycles. The molecular weight excluding hydrogens is 322 g/mol. The number of nitrogens with zero attached hydrogens (tertiary/aromatic N) is 1. The van der Waals surface area contributed by atoms with Gasteiger partial charge in [0.05, 0.1) is 0 Å². The molecule has 0 radical (unpaired) electrons. The van der Waals surface area contributed by atoms with Crippen LogP contribution in [0.15, 0.2) is 60.7 Å². The Morgan fingerprint density at radius 1 is 0.962 bits per heavy atom. The second-order valence-corrected chi connectivity index (χ2v) is 7.55. The van der Waals surface area contributed by atoms with Gasteiger partial charge < -0.3 is 10.0 Å². The van der Waals surface area contributed by atoms with Gasteiger partial charge in [0, 0.05) is 43.6 Å². The fourth-order valence-electron chi connectivity index (χ4n) is 4.66. The normalized spacial score (nSPS) is 26.2. The van der Waals surface area contributed by atoms with Gasteiger partial charge in [-0.25, -0.2) is 0 Å². The van der Waals surface area contributed by atoms with Gasteiger partial charge in [-0.1, -0.05) is 60.7 Å². The summed E-state index contributed by atoms with van der Waals surface area (Å²) < 4.78 is 0. The number of hydrogen-bond acceptors (Lipinski definition) is 4. The molecule has 2 saturated heterocycles. The molecule has 3 unspecified atom stereocenters. The van der Waals surface area contributed by atoms with Crippen molar-refractivity contribution < 1.29 is 5.11 Å². The molecule has 2 aromatic carbocycles. The van der Waals surface area contributed by atoms with Crippen LogP contribution in [0.5, 0.6) is 0 Å². The summed E-state index contributed by atoms with van der Waals surface area (Å²) >= 11 is 0. The second kappa shape index (κ2) is 8.31. The maximum absolute atomic E-state index is 9.17. The van der Waals surface area contributed by atoms with E-state index in [2.05, 4.69) is 76.4 Å². The summed E-state index contributed by atoms with van der Waals surface area (Å²) in [6.07, 6.45) is 2.03. The van der Waals surface area contributed by atoms with E-state index in [1.807, 2.05) is 0 Å². The lowest BCUT2D eigenvalue weighted by Gasteiger charge is -2.38. The summed E-state index contributed by atoms with van der Waals surface area (Å²) in [4.78, 5) is 2.52. The highest BCUT2D eigenvalue weighted by atomic mass is 16.3.